The summed E-state index contributed by atoms with van der Waals surface area (Å²) in [6.45, 7) is 4.27. The van der Waals surface area contributed by atoms with Crippen LogP contribution in [0.4, 0.5) is 0 Å². The third kappa shape index (κ3) is 4.75. The average molecular weight is 270 g/mol. The summed E-state index contributed by atoms with van der Waals surface area (Å²) in [5.74, 6) is 0.225. The highest BCUT2D eigenvalue weighted by Gasteiger charge is 2.22. The lowest BCUT2D eigenvalue weighted by molar-refractivity contribution is -0.135. The minimum absolute atomic E-state index is 0.225. The molecule has 19 heavy (non-hydrogen) atoms. The second-order valence-electron chi connectivity index (χ2n) is 5.39. The van der Waals surface area contributed by atoms with Crippen LogP contribution in [0.25, 0.3) is 0 Å². The lowest BCUT2D eigenvalue weighted by Crippen LogP contribution is -2.41. The number of ether oxygens (including phenoxy) is 2. The molecule has 5 heteroatoms. The Morgan fingerprint density at radius 3 is 2.47 bits per heavy atom. The molecule has 0 saturated carbocycles. The van der Waals surface area contributed by atoms with Crippen LogP contribution in [0.3, 0.4) is 0 Å². The number of rotatable bonds is 5. The van der Waals surface area contributed by atoms with Gasteiger partial charge >= 0.3 is 0 Å². The largest absolute Gasteiger partial charge is 0.381 e. The molecule has 2 fully saturated rings. The lowest BCUT2D eigenvalue weighted by atomic mass is 10.1. The molecule has 0 aromatic carbocycles. The first-order valence-corrected chi connectivity index (χ1v) is 7.42. The first-order chi connectivity index (χ1) is 9.29. The van der Waals surface area contributed by atoms with E-state index in [0.717, 1.165) is 51.9 Å². The zero-order chi connectivity index (χ0) is 13.5. The number of carbonyl (C=O) groups excluding carboxylic acids is 1. The smallest absolute Gasteiger partial charge is 0.224 e. The van der Waals surface area contributed by atoms with E-state index >= 15 is 0 Å². The van der Waals surface area contributed by atoms with E-state index in [1.54, 1.807) is 7.11 Å². The van der Waals surface area contributed by atoms with Crippen molar-refractivity contribution in [1.82, 2.24) is 10.2 Å². The fraction of sp³-hybridized carbons (Fsp3) is 0.929. The first kappa shape index (κ1) is 14.8. The normalized spacial score (nSPS) is 22.7. The van der Waals surface area contributed by atoms with Gasteiger partial charge < -0.3 is 19.7 Å². The fourth-order valence-electron chi connectivity index (χ4n) is 2.77. The third-order valence-electron chi connectivity index (χ3n) is 4.08. The number of carbonyl (C=O) groups is 1. The van der Waals surface area contributed by atoms with E-state index in [4.69, 9.17) is 9.47 Å². The van der Waals surface area contributed by atoms with Gasteiger partial charge in [-0.25, -0.2) is 0 Å². The SMILES string of the molecule is COC1CCN(C(=O)CCOC2CCNCC2)CC1. The Kier molecular flexibility index (Phi) is 6.07. The van der Waals surface area contributed by atoms with E-state index in [9.17, 15) is 4.79 Å². The Hall–Kier alpha value is -0.650. The summed E-state index contributed by atoms with van der Waals surface area (Å²) >= 11 is 0. The summed E-state index contributed by atoms with van der Waals surface area (Å²) < 4.78 is 11.1. The van der Waals surface area contributed by atoms with Crippen molar-refractivity contribution in [2.45, 2.75) is 44.3 Å². The van der Waals surface area contributed by atoms with Crippen LogP contribution in [0, 0.1) is 0 Å². The van der Waals surface area contributed by atoms with Crippen molar-refractivity contribution < 1.29 is 14.3 Å². The molecule has 2 saturated heterocycles. The highest BCUT2D eigenvalue weighted by atomic mass is 16.5. The Balaban J connectivity index is 1.59. The molecule has 1 amide bonds. The molecule has 0 bridgehead atoms. The van der Waals surface area contributed by atoms with Crippen molar-refractivity contribution >= 4 is 5.91 Å². The number of hydrogen-bond acceptors (Lipinski definition) is 4. The average Bonchev–Trinajstić information content (AvgIpc) is 2.48. The lowest BCUT2D eigenvalue weighted by Gasteiger charge is -2.31. The summed E-state index contributed by atoms with van der Waals surface area (Å²) in [5, 5.41) is 3.31. The van der Waals surface area contributed by atoms with Crippen LogP contribution in [0.5, 0.6) is 0 Å². The summed E-state index contributed by atoms with van der Waals surface area (Å²) in [6, 6.07) is 0. The predicted octanol–water partition coefficient (Wildman–Crippen LogP) is 0.783. The van der Waals surface area contributed by atoms with E-state index in [1.807, 2.05) is 4.90 Å². The van der Waals surface area contributed by atoms with Crippen molar-refractivity contribution in [3.8, 4) is 0 Å². The topological polar surface area (TPSA) is 50.8 Å². The van der Waals surface area contributed by atoms with E-state index < -0.39 is 0 Å². The second kappa shape index (κ2) is 7.82. The number of nitrogens with zero attached hydrogens (tertiary/aromatic N) is 1. The zero-order valence-electron chi connectivity index (χ0n) is 11.9. The van der Waals surface area contributed by atoms with Gasteiger partial charge in [-0.1, -0.05) is 0 Å². The van der Waals surface area contributed by atoms with Crippen LogP contribution < -0.4 is 5.32 Å². The van der Waals surface area contributed by atoms with Crippen molar-refractivity contribution in [1.29, 1.82) is 0 Å². The van der Waals surface area contributed by atoms with Crippen molar-refractivity contribution in [3.63, 3.8) is 0 Å². The van der Waals surface area contributed by atoms with Crippen LogP contribution in [0.1, 0.15) is 32.1 Å². The van der Waals surface area contributed by atoms with Gasteiger partial charge in [0.1, 0.15) is 0 Å². The Labute approximate surface area is 115 Å². The molecule has 2 aliphatic rings. The van der Waals surface area contributed by atoms with Gasteiger partial charge in [0.25, 0.3) is 0 Å². The molecule has 0 aromatic rings. The summed E-state index contributed by atoms with van der Waals surface area (Å²) in [5.41, 5.74) is 0. The Morgan fingerprint density at radius 1 is 1.16 bits per heavy atom. The molecule has 0 aliphatic carbocycles. The molecule has 2 heterocycles. The number of methoxy groups -OCH3 is 1. The Morgan fingerprint density at radius 2 is 1.84 bits per heavy atom. The molecular weight excluding hydrogens is 244 g/mol. The summed E-state index contributed by atoms with van der Waals surface area (Å²) in [4.78, 5) is 14.0. The molecule has 0 aromatic heterocycles. The molecule has 0 atom stereocenters. The molecule has 1 N–H and O–H groups in total. The van der Waals surface area contributed by atoms with Crippen molar-refractivity contribution in [2.75, 3.05) is 39.9 Å². The molecule has 2 aliphatic heterocycles. The summed E-state index contributed by atoms with van der Waals surface area (Å²) in [7, 11) is 1.75. The van der Waals surface area contributed by atoms with Gasteiger partial charge in [-0.05, 0) is 38.8 Å². The van der Waals surface area contributed by atoms with E-state index in [-0.39, 0.29) is 5.91 Å². The third-order valence-corrected chi connectivity index (χ3v) is 4.08. The molecule has 0 radical (unpaired) electrons. The molecule has 2 rings (SSSR count). The van der Waals surface area contributed by atoms with Gasteiger partial charge in [0.15, 0.2) is 0 Å². The molecule has 110 valence electrons. The number of piperidine rings is 2. The molecule has 0 unspecified atom stereocenters. The van der Waals surface area contributed by atoms with Gasteiger partial charge in [0, 0.05) is 20.2 Å². The van der Waals surface area contributed by atoms with Crippen LogP contribution in [-0.4, -0.2) is 62.9 Å². The van der Waals surface area contributed by atoms with Gasteiger partial charge in [-0.3, -0.25) is 4.79 Å². The Bertz CT molecular complexity index is 272. The minimum atomic E-state index is 0.225. The first-order valence-electron chi connectivity index (χ1n) is 7.42. The minimum Gasteiger partial charge on any atom is -0.381 e. The quantitative estimate of drug-likeness (QED) is 0.802. The standard InChI is InChI=1S/C14H26N2O3/c1-18-12-4-9-16(10-5-12)14(17)6-11-19-13-2-7-15-8-3-13/h12-13,15H,2-11H2,1H3. The van der Waals surface area contributed by atoms with Gasteiger partial charge in [-0.15, -0.1) is 0 Å². The summed E-state index contributed by atoms with van der Waals surface area (Å²) in [6.07, 6.45) is 5.22. The van der Waals surface area contributed by atoms with Crippen LogP contribution in [-0.2, 0) is 14.3 Å². The maximum absolute atomic E-state index is 12.0. The molecule has 5 nitrogen and oxygen atoms in total. The highest BCUT2D eigenvalue weighted by Crippen LogP contribution is 2.14. The van der Waals surface area contributed by atoms with Crippen LogP contribution in [0.2, 0.25) is 0 Å². The van der Waals surface area contributed by atoms with E-state index in [2.05, 4.69) is 5.32 Å². The monoisotopic (exact) mass is 270 g/mol. The van der Waals surface area contributed by atoms with E-state index in [1.165, 1.54) is 0 Å². The highest BCUT2D eigenvalue weighted by molar-refractivity contribution is 5.76. The van der Waals surface area contributed by atoms with E-state index in [0.29, 0.717) is 25.2 Å². The number of amides is 1. The van der Waals surface area contributed by atoms with Crippen LogP contribution in [0.15, 0.2) is 0 Å². The maximum atomic E-state index is 12.0. The zero-order valence-corrected chi connectivity index (χ0v) is 11.9. The van der Waals surface area contributed by atoms with Gasteiger partial charge in [0.05, 0.1) is 25.2 Å². The van der Waals surface area contributed by atoms with Crippen molar-refractivity contribution in [2.24, 2.45) is 0 Å². The van der Waals surface area contributed by atoms with Gasteiger partial charge in [0.2, 0.25) is 5.91 Å². The molecule has 0 spiro atoms. The maximum Gasteiger partial charge on any atom is 0.224 e. The number of nitrogens with one attached hydrogen (secondary N) is 1. The number of hydrogen-bond donors (Lipinski definition) is 1. The number of likely N-dealkylation sites (tertiary alicyclic amines) is 1. The van der Waals surface area contributed by atoms with Crippen molar-refractivity contribution in [3.05, 3.63) is 0 Å². The van der Waals surface area contributed by atoms with Crippen LogP contribution >= 0.6 is 0 Å². The fourth-order valence-corrected chi connectivity index (χ4v) is 2.77. The predicted molar refractivity (Wildman–Crippen MR) is 73.1 cm³/mol. The van der Waals surface area contributed by atoms with Gasteiger partial charge in [-0.2, -0.15) is 0 Å². The molecular formula is C14H26N2O3. The second-order valence-corrected chi connectivity index (χ2v) is 5.39.